The number of carbonyl (C=O) groups is 1. The quantitative estimate of drug-likeness (QED) is 0.594. The number of carboxylic acid groups (broad SMARTS) is 1. The second-order valence-electron chi connectivity index (χ2n) is 5.94. The van der Waals surface area contributed by atoms with Gasteiger partial charge in [-0.1, -0.05) is 29.8 Å². The molecule has 0 bridgehead atoms. The molecule has 7 heteroatoms. The maximum atomic E-state index is 13.0. The van der Waals surface area contributed by atoms with Crippen molar-refractivity contribution in [3.8, 4) is 11.1 Å². The average Bonchev–Trinajstić information content (AvgIpc) is 3.25. The van der Waals surface area contributed by atoms with Crippen molar-refractivity contribution < 1.29 is 14.3 Å². The molecule has 130 valence electrons. The zero-order valence-electron chi connectivity index (χ0n) is 13.8. The molecule has 0 radical (unpaired) electrons. The highest BCUT2D eigenvalue weighted by Crippen LogP contribution is 2.30. The number of rotatable bonds is 4. The number of aryl methyl sites for hydroxylation is 1. The van der Waals surface area contributed by atoms with Gasteiger partial charge in [-0.15, -0.1) is 11.3 Å². The van der Waals surface area contributed by atoms with Crippen molar-refractivity contribution in [2.24, 2.45) is 0 Å². The van der Waals surface area contributed by atoms with Crippen molar-refractivity contribution in [2.45, 2.75) is 13.5 Å². The van der Waals surface area contributed by atoms with Crippen molar-refractivity contribution in [1.29, 1.82) is 0 Å². The number of hydrogen-bond acceptors (Lipinski definition) is 5. The molecule has 1 aromatic carbocycles. The Morgan fingerprint density at radius 1 is 1.23 bits per heavy atom. The Bertz CT molecular complexity index is 1170. The van der Waals surface area contributed by atoms with Crippen LogP contribution in [0.5, 0.6) is 0 Å². The van der Waals surface area contributed by atoms with Crippen LogP contribution in [0.2, 0.25) is 0 Å². The fourth-order valence-corrected chi connectivity index (χ4v) is 3.68. The predicted molar refractivity (Wildman–Crippen MR) is 98.8 cm³/mol. The Morgan fingerprint density at radius 2 is 2.00 bits per heavy atom. The van der Waals surface area contributed by atoms with E-state index in [0.29, 0.717) is 16.0 Å². The summed E-state index contributed by atoms with van der Waals surface area (Å²) in [6.07, 6.45) is 1.46. The third-order valence-corrected chi connectivity index (χ3v) is 5.01. The molecule has 0 aliphatic carbocycles. The standard InChI is InChI=1S/C19H14N2O4S/c1-11-2-4-12(5-3-11)14-9-26-17-16(14)18(22)21(10-20-17)8-13-6-7-15(25-13)19(23)24/h2-7,9-10H,8H2,1H3,(H,23,24). The molecule has 0 saturated heterocycles. The molecule has 0 saturated carbocycles. The number of hydrogen-bond donors (Lipinski definition) is 1. The van der Waals surface area contributed by atoms with Crippen LogP contribution in [-0.4, -0.2) is 20.6 Å². The SMILES string of the molecule is Cc1ccc(-c2csc3ncn(Cc4ccc(C(=O)O)o4)c(=O)c23)cc1. The van der Waals surface area contributed by atoms with E-state index in [1.165, 1.54) is 28.3 Å². The molecule has 6 nitrogen and oxygen atoms in total. The molecule has 0 aliphatic heterocycles. The number of carboxylic acids is 1. The first-order valence-corrected chi connectivity index (χ1v) is 8.76. The summed E-state index contributed by atoms with van der Waals surface area (Å²) in [6.45, 7) is 2.14. The zero-order valence-corrected chi connectivity index (χ0v) is 14.6. The lowest BCUT2D eigenvalue weighted by Gasteiger charge is -2.05. The predicted octanol–water partition coefficient (Wildman–Crippen LogP) is 3.77. The second-order valence-corrected chi connectivity index (χ2v) is 6.80. The van der Waals surface area contributed by atoms with E-state index >= 15 is 0 Å². The molecule has 4 aromatic rings. The Hall–Kier alpha value is -3.19. The Morgan fingerprint density at radius 3 is 2.69 bits per heavy atom. The highest BCUT2D eigenvalue weighted by Gasteiger charge is 2.15. The minimum atomic E-state index is -1.14. The molecule has 0 amide bonds. The fourth-order valence-electron chi connectivity index (χ4n) is 2.77. The van der Waals surface area contributed by atoms with Crippen LogP contribution >= 0.6 is 11.3 Å². The van der Waals surface area contributed by atoms with E-state index in [1.807, 2.05) is 36.6 Å². The van der Waals surface area contributed by atoms with Crippen LogP contribution in [0.25, 0.3) is 21.3 Å². The molecule has 0 spiro atoms. The van der Waals surface area contributed by atoms with Gasteiger partial charge in [0.05, 0.1) is 18.3 Å². The van der Waals surface area contributed by atoms with Crippen LogP contribution in [0.15, 0.2) is 57.3 Å². The lowest BCUT2D eigenvalue weighted by atomic mass is 10.1. The van der Waals surface area contributed by atoms with E-state index < -0.39 is 5.97 Å². The van der Waals surface area contributed by atoms with Crippen LogP contribution in [0.3, 0.4) is 0 Å². The van der Waals surface area contributed by atoms with Gasteiger partial charge >= 0.3 is 5.97 Å². The summed E-state index contributed by atoms with van der Waals surface area (Å²) < 4.78 is 6.67. The van der Waals surface area contributed by atoms with Crippen molar-refractivity contribution in [1.82, 2.24) is 9.55 Å². The minimum Gasteiger partial charge on any atom is -0.475 e. The largest absolute Gasteiger partial charge is 0.475 e. The van der Waals surface area contributed by atoms with Gasteiger partial charge in [-0.2, -0.15) is 0 Å². The lowest BCUT2D eigenvalue weighted by Crippen LogP contribution is -2.20. The van der Waals surface area contributed by atoms with Gasteiger partial charge in [0.1, 0.15) is 10.6 Å². The smallest absolute Gasteiger partial charge is 0.371 e. The van der Waals surface area contributed by atoms with E-state index in [-0.39, 0.29) is 17.9 Å². The van der Waals surface area contributed by atoms with Gasteiger partial charge in [0.2, 0.25) is 5.76 Å². The van der Waals surface area contributed by atoms with Gasteiger partial charge in [-0.25, -0.2) is 9.78 Å². The normalized spacial score (nSPS) is 11.1. The first-order valence-electron chi connectivity index (χ1n) is 7.88. The summed E-state index contributed by atoms with van der Waals surface area (Å²) in [5, 5.41) is 11.4. The average molecular weight is 366 g/mol. The van der Waals surface area contributed by atoms with Crippen molar-refractivity contribution >= 4 is 27.5 Å². The monoisotopic (exact) mass is 366 g/mol. The van der Waals surface area contributed by atoms with E-state index in [4.69, 9.17) is 9.52 Å². The van der Waals surface area contributed by atoms with E-state index in [1.54, 1.807) is 6.07 Å². The first-order chi connectivity index (χ1) is 12.5. The van der Waals surface area contributed by atoms with Crippen LogP contribution < -0.4 is 5.56 Å². The van der Waals surface area contributed by atoms with Gasteiger partial charge in [-0.3, -0.25) is 9.36 Å². The molecule has 1 N–H and O–H groups in total. The van der Waals surface area contributed by atoms with Gasteiger partial charge in [0.25, 0.3) is 5.56 Å². The summed E-state index contributed by atoms with van der Waals surface area (Å²) in [7, 11) is 0. The van der Waals surface area contributed by atoms with Crippen LogP contribution in [0.4, 0.5) is 0 Å². The van der Waals surface area contributed by atoms with Gasteiger partial charge in [0.15, 0.2) is 0 Å². The zero-order chi connectivity index (χ0) is 18.3. The van der Waals surface area contributed by atoms with Crippen LogP contribution in [0, 0.1) is 6.92 Å². The van der Waals surface area contributed by atoms with Crippen molar-refractivity contribution in [3.63, 3.8) is 0 Å². The molecule has 0 fully saturated rings. The number of benzene rings is 1. The van der Waals surface area contributed by atoms with Crippen LogP contribution in [-0.2, 0) is 6.54 Å². The number of fused-ring (bicyclic) bond motifs is 1. The third-order valence-electron chi connectivity index (χ3n) is 4.12. The number of aromatic nitrogens is 2. The summed E-state index contributed by atoms with van der Waals surface area (Å²) in [4.78, 5) is 28.9. The molecule has 3 aromatic heterocycles. The number of nitrogens with zero attached hydrogens (tertiary/aromatic N) is 2. The number of aromatic carboxylic acids is 1. The van der Waals surface area contributed by atoms with Crippen molar-refractivity contribution in [2.75, 3.05) is 0 Å². The number of thiophene rings is 1. The molecule has 3 heterocycles. The molecule has 0 aliphatic rings. The summed E-state index contributed by atoms with van der Waals surface area (Å²) in [5.74, 6) is -0.910. The molecular weight excluding hydrogens is 352 g/mol. The van der Waals surface area contributed by atoms with E-state index in [9.17, 15) is 9.59 Å². The first kappa shape index (κ1) is 16.3. The number of furan rings is 1. The molecule has 26 heavy (non-hydrogen) atoms. The highest BCUT2D eigenvalue weighted by atomic mass is 32.1. The van der Waals surface area contributed by atoms with E-state index in [0.717, 1.165) is 16.7 Å². The maximum absolute atomic E-state index is 13.0. The molecule has 0 unspecified atom stereocenters. The molecule has 0 atom stereocenters. The molecular formula is C19H14N2O4S. The highest BCUT2D eigenvalue weighted by molar-refractivity contribution is 7.17. The second kappa shape index (κ2) is 6.27. The minimum absolute atomic E-state index is 0.123. The van der Waals surface area contributed by atoms with E-state index in [2.05, 4.69) is 4.98 Å². The van der Waals surface area contributed by atoms with Gasteiger partial charge in [0, 0.05) is 10.9 Å². The Labute approximate surface area is 152 Å². The third kappa shape index (κ3) is 2.82. The van der Waals surface area contributed by atoms with Crippen LogP contribution in [0.1, 0.15) is 21.9 Å². The Balaban J connectivity index is 1.78. The molecule has 4 rings (SSSR count). The lowest BCUT2D eigenvalue weighted by molar-refractivity contribution is 0.0660. The Kier molecular flexibility index (Phi) is 3.93. The topological polar surface area (TPSA) is 85.3 Å². The maximum Gasteiger partial charge on any atom is 0.371 e. The summed E-state index contributed by atoms with van der Waals surface area (Å²) in [5.41, 5.74) is 2.78. The van der Waals surface area contributed by atoms with Gasteiger partial charge in [-0.05, 0) is 24.6 Å². The summed E-state index contributed by atoms with van der Waals surface area (Å²) in [6, 6.07) is 10.9. The van der Waals surface area contributed by atoms with Crippen molar-refractivity contribution in [3.05, 3.63) is 75.5 Å². The van der Waals surface area contributed by atoms with Gasteiger partial charge < -0.3 is 9.52 Å². The fraction of sp³-hybridized carbons (Fsp3) is 0.105. The summed E-state index contributed by atoms with van der Waals surface area (Å²) >= 11 is 1.42.